The van der Waals surface area contributed by atoms with Crippen molar-refractivity contribution in [2.75, 3.05) is 0 Å². The molecule has 2 rings (SSSR count). The van der Waals surface area contributed by atoms with Crippen LogP contribution in [0.25, 0.3) is 10.8 Å². The van der Waals surface area contributed by atoms with E-state index >= 15 is 0 Å². The average Bonchev–Trinajstić information content (AvgIpc) is 2.06. The van der Waals surface area contributed by atoms with E-state index in [4.69, 9.17) is 0 Å². The minimum atomic E-state index is 0. The fourth-order valence-electron chi connectivity index (χ4n) is 1.39. The molecule has 2 aromatic carbocycles. The molecule has 12 heavy (non-hydrogen) atoms. The van der Waals surface area contributed by atoms with Gasteiger partial charge in [0.05, 0.1) is 0 Å². The number of aryl methyl sites for hydroxylation is 1. The first kappa shape index (κ1) is 9.42. The smallest absolute Gasteiger partial charge is 1.00 e. The molecule has 0 bridgehead atoms. The summed E-state index contributed by atoms with van der Waals surface area (Å²) in [6.07, 6.45) is 0. The topological polar surface area (TPSA) is 0 Å². The van der Waals surface area contributed by atoms with E-state index in [-0.39, 0.29) is 22.6 Å². The summed E-state index contributed by atoms with van der Waals surface area (Å²) in [4.78, 5) is 0. The third-order valence-corrected chi connectivity index (χ3v) is 2.01. The van der Waals surface area contributed by atoms with Gasteiger partial charge in [-0.1, -0.05) is 42.5 Å². The van der Waals surface area contributed by atoms with Crippen molar-refractivity contribution < 1.29 is 22.6 Å². The Morgan fingerprint density at radius 1 is 0.917 bits per heavy atom. The van der Waals surface area contributed by atoms with Gasteiger partial charge in [0, 0.05) is 0 Å². The van der Waals surface area contributed by atoms with Crippen molar-refractivity contribution in [3.63, 3.8) is 0 Å². The molecule has 0 spiro atoms. The van der Waals surface area contributed by atoms with Gasteiger partial charge in [0.15, 0.2) is 0 Å². The summed E-state index contributed by atoms with van der Waals surface area (Å²) in [6, 6.07) is 14.8. The van der Waals surface area contributed by atoms with E-state index in [0.29, 0.717) is 0 Å². The van der Waals surface area contributed by atoms with Gasteiger partial charge < -0.3 is 2.85 Å². The van der Waals surface area contributed by atoms with Crippen LogP contribution < -0.4 is 0 Å². The molecule has 0 nitrogen and oxygen atoms in total. The van der Waals surface area contributed by atoms with Crippen LogP contribution in [0, 0.1) is 6.92 Å². The summed E-state index contributed by atoms with van der Waals surface area (Å²) in [7, 11) is 0. The molecule has 0 heterocycles. The first-order valence-corrected chi connectivity index (χ1v) is 3.82. The molecule has 0 aliphatic heterocycles. The molecule has 1 heteroatoms. The number of hydrogen-bond acceptors (Lipinski definition) is 0. The molecule has 64 valence electrons. The van der Waals surface area contributed by atoms with Crippen molar-refractivity contribution >= 4 is 10.8 Å². The third-order valence-electron chi connectivity index (χ3n) is 2.01. The molecule has 0 radical (unpaired) electrons. The van der Waals surface area contributed by atoms with Crippen LogP contribution in [0.3, 0.4) is 0 Å². The maximum atomic E-state index is 2.16. The Balaban J connectivity index is 0. The standard InChI is InChI=1S/C11H10.Os.2H/c1-9-5-4-7-10-6-2-3-8-11(9)10;;;/h2-8H,1H3;;;/q;+2;2*-1. The van der Waals surface area contributed by atoms with E-state index < -0.39 is 0 Å². The van der Waals surface area contributed by atoms with E-state index in [0.717, 1.165) is 0 Å². The monoisotopic (exact) mass is 336 g/mol. The zero-order valence-electron chi connectivity index (χ0n) is 8.90. The average molecular weight is 334 g/mol. The second-order valence-electron chi connectivity index (χ2n) is 2.80. The zero-order valence-corrected chi connectivity index (χ0v) is 9.44. The van der Waals surface area contributed by atoms with Crippen LogP contribution >= 0.6 is 0 Å². The Bertz CT molecular complexity index is 382. The molecule has 0 unspecified atom stereocenters. The summed E-state index contributed by atoms with van der Waals surface area (Å²) >= 11 is 0. The Morgan fingerprint density at radius 2 is 1.58 bits per heavy atom. The molecule has 0 amide bonds. The van der Waals surface area contributed by atoms with Crippen LogP contribution in [0.15, 0.2) is 42.5 Å². The van der Waals surface area contributed by atoms with Gasteiger partial charge in [-0.2, -0.15) is 0 Å². The number of hydrogen-bond donors (Lipinski definition) is 0. The molecule has 0 aliphatic rings. The minimum absolute atomic E-state index is 0. The molecule has 0 saturated heterocycles. The van der Waals surface area contributed by atoms with Gasteiger partial charge in [-0.15, -0.1) is 0 Å². The third kappa shape index (κ3) is 1.57. The summed E-state index contributed by atoms with van der Waals surface area (Å²) in [6.45, 7) is 2.14. The molecular weight excluding hydrogens is 322 g/mol. The summed E-state index contributed by atoms with van der Waals surface area (Å²) in [5, 5.41) is 2.68. The molecule has 0 fully saturated rings. The number of fused-ring (bicyclic) bond motifs is 1. The predicted octanol–water partition coefficient (Wildman–Crippen LogP) is 3.37. The Hall–Kier alpha value is -0.664. The Kier molecular flexibility index (Phi) is 3.01. The van der Waals surface area contributed by atoms with Gasteiger partial charge in [0.25, 0.3) is 0 Å². The molecular formula is C11H12Os. The van der Waals surface area contributed by atoms with Crippen molar-refractivity contribution in [2.45, 2.75) is 6.92 Å². The van der Waals surface area contributed by atoms with Crippen molar-refractivity contribution in [2.24, 2.45) is 0 Å². The number of benzene rings is 2. The largest absolute Gasteiger partial charge is 2.00 e. The Labute approximate surface area is 88.6 Å². The van der Waals surface area contributed by atoms with Crippen LogP contribution in [-0.4, -0.2) is 0 Å². The SMILES string of the molecule is Cc1cccc2ccccc12.[H-].[H-].[Os+2]. The quantitative estimate of drug-likeness (QED) is 0.693. The summed E-state index contributed by atoms with van der Waals surface area (Å²) < 4.78 is 0. The maximum Gasteiger partial charge on any atom is 2.00 e. The molecule has 0 aromatic heterocycles. The van der Waals surface area contributed by atoms with Gasteiger partial charge in [0.2, 0.25) is 0 Å². The summed E-state index contributed by atoms with van der Waals surface area (Å²) in [5.41, 5.74) is 1.35. The van der Waals surface area contributed by atoms with Gasteiger partial charge >= 0.3 is 19.8 Å². The van der Waals surface area contributed by atoms with Crippen molar-refractivity contribution in [3.8, 4) is 0 Å². The second kappa shape index (κ2) is 3.83. The van der Waals surface area contributed by atoms with Gasteiger partial charge in [-0.3, -0.25) is 0 Å². The molecule has 0 saturated carbocycles. The first-order chi connectivity index (χ1) is 5.38. The van der Waals surface area contributed by atoms with Crippen LogP contribution in [0.2, 0.25) is 0 Å². The molecule has 0 aliphatic carbocycles. The van der Waals surface area contributed by atoms with E-state index in [1.807, 2.05) is 0 Å². The van der Waals surface area contributed by atoms with Gasteiger partial charge in [-0.25, -0.2) is 0 Å². The predicted molar refractivity (Wildman–Crippen MR) is 50.9 cm³/mol. The van der Waals surface area contributed by atoms with Crippen LogP contribution in [0.1, 0.15) is 8.42 Å². The van der Waals surface area contributed by atoms with Crippen molar-refractivity contribution in [1.82, 2.24) is 0 Å². The fraction of sp³-hybridized carbons (Fsp3) is 0.0909. The van der Waals surface area contributed by atoms with Gasteiger partial charge in [0.1, 0.15) is 0 Å². The molecule has 2 aromatic rings. The van der Waals surface area contributed by atoms with Crippen molar-refractivity contribution in [1.29, 1.82) is 0 Å². The van der Waals surface area contributed by atoms with E-state index in [2.05, 4.69) is 49.4 Å². The first-order valence-electron chi connectivity index (χ1n) is 3.82. The van der Waals surface area contributed by atoms with Crippen LogP contribution in [0.4, 0.5) is 0 Å². The summed E-state index contributed by atoms with van der Waals surface area (Å²) in [5.74, 6) is 0. The Morgan fingerprint density at radius 3 is 2.33 bits per heavy atom. The van der Waals surface area contributed by atoms with Crippen LogP contribution in [-0.2, 0) is 19.8 Å². The van der Waals surface area contributed by atoms with E-state index in [1.54, 1.807) is 0 Å². The van der Waals surface area contributed by atoms with Gasteiger partial charge in [-0.05, 0) is 23.3 Å². The molecule has 0 N–H and O–H groups in total. The minimum Gasteiger partial charge on any atom is -1.00 e. The maximum absolute atomic E-state index is 2.16. The molecule has 0 atom stereocenters. The van der Waals surface area contributed by atoms with E-state index in [1.165, 1.54) is 16.3 Å². The second-order valence-corrected chi connectivity index (χ2v) is 2.80. The zero-order chi connectivity index (χ0) is 7.68. The fourth-order valence-corrected chi connectivity index (χ4v) is 1.39. The van der Waals surface area contributed by atoms with Crippen LogP contribution in [0.5, 0.6) is 0 Å². The van der Waals surface area contributed by atoms with Crippen molar-refractivity contribution in [3.05, 3.63) is 48.0 Å². The normalized spacial score (nSPS) is 9.42. The van der Waals surface area contributed by atoms with E-state index in [9.17, 15) is 0 Å². The number of rotatable bonds is 0.